The van der Waals surface area contributed by atoms with Crippen LogP contribution in [-0.4, -0.2) is 58.0 Å². The van der Waals surface area contributed by atoms with Crippen molar-refractivity contribution in [1.29, 1.82) is 0 Å². The van der Waals surface area contributed by atoms with Crippen LogP contribution in [0.4, 0.5) is 0 Å². The molecule has 0 aromatic carbocycles. The van der Waals surface area contributed by atoms with Crippen LogP contribution in [0.3, 0.4) is 0 Å². The number of aromatic amines is 1. The van der Waals surface area contributed by atoms with Crippen LogP contribution in [0.25, 0.3) is 0 Å². The second kappa shape index (κ2) is 6.95. The minimum Gasteiger partial charge on any atom is -0.341 e. The molecule has 122 valence electrons. The Morgan fingerprint density at radius 2 is 2.04 bits per heavy atom. The van der Waals surface area contributed by atoms with Crippen molar-refractivity contribution < 1.29 is 9.59 Å². The lowest BCUT2D eigenvalue weighted by Crippen LogP contribution is -2.37. The van der Waals surface area contributed by atoms with Crippen LogP contribution < -0.4 is 0 Å². The SMILES string of the molecule is Cc1cc(CC(=O)N2CCCN(C(=O)c3ccsc3)CC2)n[nH]1. The Balaban J connectivity index is 1.57. The summed E-state index contributed by atoms with van der Waals surface area (Å²) in [5.74, 6) is 0.129. The molecule has 3 rings (SSSR count). The van der Waals surface area contributed by atoms with Gasteiger partial charge >= 0.3 is 0 Å². The summed E-state index contributed by atoms with van der Waals surface area (Å²) < 4.78 is 0. The first kappa shape index (κ1) is 15.7. The van der Waals surface area contributed by atoms with Gasteiger partial charge in [-0.1, -0.05) is 0 Å². The standard InChI is InChI=1S/C16H20N4O2S/c1-12-9-14(18-17-12)10-15(21)19-4-2-5-20(7-6-19)16(22)13-3-8-23-11-13/h3,8-9,11H,2,4-7,10H2,1H3,(H,17,18). The summed E-state index contributed by atoms with van der Waals surface area (Å²) in [6, 6.07) is 3.74. The van der Waals surface area contributed by atoms with Crippen LogP contribution in [0.5, 0.6) is 0 Å². The molecule has 0 saturated carbocycles. The zero-order valence-electron chi connectivity index (χ0n) is 13.1. The molecule has 1 aliphatic heterocycles. The van der Waals surface area contributed by atoms with Gasteiger partial charge in [-0.15, -0.1) is 0 Å². The fraction of sp³-hybridized carbons (Fsp3) is 0.438. The summed E-state index contributed by atoms with van der Waals surface area (Å²) in [7, 11) is 0. The van der Waals surface area contributed by atoms with Crippen molar-refractivity contribution in [2.75, 3.05) is 26.2 Å². The Bertz CT molecular complexity index is 680. The largest absolute Gasteiger partial charge is 0.341 e. The molecule has 1 N–H and O–H groups in total. The zero-order chi connectivity index (χ0) is 16.2. The van der Waals surface area contributed by atoms with Crippen molar-refractivity contribution in [3.8, 4) is 0 Å². The highest BCUT2D eigenvalue weighted by molar-refractivity contribution is 7.08. The lowest BCUT2D eigenvalue weighted by molar-refractivity contribution is -0.130. The molecule has 2 amide bonds. The fourth-order valence-corrected chi connectivity index (χ4v) is 3.40. The van der Waals surface area contributed by atoms with Gasteiger partial charge in [-0.05, 0) is 30.9 Å². The molecule has 0 atom stereocenters. The highest BCUT2D eigenvalue weighted by atomic mass is 32.1. The van der Waals surface area contributed by atoms with Crippen LogP contribution in [0, 0.1) is 6.92 Å². The molecule has 1 aliphatic rings. The van der Waals surface area contributed by atoms with Gasteiger partial charge in [0.2, 0.25) is 5.91 Å². The second-order valence-electron chi connectivity index (χ2n) is 5.76. The summed E-state index contributed by atoms with van der Waals surface area (Å²) in [4.78, 5) is 28.5. The van der Waals surface area contributed by atoms with Crippen LogP contribution >= 0.6 is 11.3 Å². The maximum atomic E-state index is 12.4. The monoisotopic (exact) mass is 332 g/mol. The van der Waals surface area contributed by atoms with E-state index in [0.717, 1.165) is 23.4 Å². The molecule has 1 fully saturated rings. The summed E-state index contributed by atoms with van der Waals surface area (Å²) in [5, 5.41) is 10.7. The summed E-state index contributed by atoms with van der Waals surface area (Å²) in [6.45, 7) is 4.47. The van der Waals surface area contributed by atoms with Crippen LogP contribution in [0.1, 0.15) is 28.2 Å². The van der Waals surface area contributed by atoms with Crippen molar-refractivity contribution >= 4 is 23.2 Å². The van der Waals surface area contributed by atoms with Gasteiger partial charge < -0.3 is 9.80 Å². The average molecular weight is 332 g/mol. The molecule has 0 spiro atoms. The summed E-state index contributed by atoms with van der Waals surface area (Å²) in [5.41, 5.74) is 2.46. The number of amides is 2. The van der Waals surface area contributed by atoms with E-state index in [1.165, 1.54) is 11.3 Å². The topological polar surface area (TPSA) is 69.3 Å². The van der Waals surface area contributed by atoms with Crippen LogP contribution in [0.15, 0.2) is 22.9 Å². The Hall–Kier alpha value is -2.15. The molecular weight excluding hydrogens is 312 g/mol. The number of nitrogens with one attached hydrogen (secondary N) is 1. The number of aryl methyl sites for hydroxylation is 1. The molecule has 3 heterocycles. The minimum atomic E-state index is 0.0588. The van der Waals surface area contributed by atoms with Crippen molar-refractivity contribution in [1.82, 2.24) is 20.0 Å². The number of H-pyrrole nitrogens is 1. The van der Waals surface area contributed by atoms with Crippen molar-refractivity contribution in [2.45, 2.75) is 19.8 Å². The van der Waals surface area contributed by atoms with E-state index >= 15 is 0 Å². The van der Waals surface area contributed by atoms with Gasteiger partial charge in [0.15, 0.2) is 0 Å². The molecule has 0 aliphatic carbocycles. The molecule has 1 saturated heterocycles. The predicted molar refractivity (Wildman–Crippen MR) is 88.4 cm³/mol. The molecule has 7 heteroatoms. The molecule has 2 aromatic rings. The molecule has 0 unspecified atom stereocenters. The normalized spacial score (nSPS) is 15.5. The maximum absolute atomic E-state index is 12.4. The van der Waals surface area contributed by atoms with Gasteiger partial charge in [0, 0.05) is 37.3 Å². The first-order chi connectivity index (χ1) is 11.1. The second-order valence-corrected chi connectivity index (χ2v) is 6.54. The third-order valence-electron chi connectivity index (χ3n) is 4.00. The highest BCUT2D eigenvalue weighted by Crippen LogP contribution is 2.13. The quantitative estimate of drug-likeness (QED) is 0.930. The van der Waals surface area contributed by atoms with E-state index in [0.29, 0.717) is 32.6 Å². The summed E-state index contributed by atoms with van der Waals surface area (Å²) in [6.07, 6.45) is 1.12. The van der Waals surface area contributed by atoms with E-state index in [2.05, 4.69) is 10.2 Å². The van der Waals surface area contributed by atoms with Crippen LogP contribution in [0.2, 0.25) is 0 Å². The van der Waals surface area contributed by atoms with Crippen molar-refractivity contribution in [3.05, 3.63) is 39.8 Å². The Kier molecular flexibility index (Phi) is 4.76. The van der Waals surface area contributed by atoms with Gasteiger partial charge in [-0.25, -0.2) is 0 Å². The van der Waals surface area contributed by atoms with Crippen molar-refractivity contribution in [2.24, 2.45) is 0 Å². The van der Waals surface area contributed by atoms with E-state index in [-0.39, 0.29) is 11.8 Å². The van der Waals surface area contributed by atoms with E-state index in [1.807, 2.05) is 39.6 Å². The van der Waals surface area contributed by atoms with Gasteiger partial charge in [0.25, 0.3) is 5.91 Å². The van der Waals surface area contributed by atoms with Gasteiger partial charge in [0.1, 0.15) is 0 Å². The number of rotatable bonds is 3. The highest BCUT2D eigenvalue weighted by Gasteiger charge is 2.23. The summed E-state index contributed by atoms with van der Waals surface area (Å²) >= 11 is 1.52. The number of aromatic nitrogens is 2. The number of thiophene rings is 1. The first-order valence-electron chi connectivity index (χ1n) is 7.73. The first-order valence-corrected chi connectivity index (χ1v) is 8.68. The Morgan fingerprint density at radius 1 is 1.26 bits per heavy atom. The lowest BCUT2D eigenvalue weighted by Gasteiger charge is -2.21. The average Bonchev–Trinajstić information content (AvgIpc) is 3.13. The Labute approximate surface area is 139 Å². The molecule has 23 heavy (non-hydrogen) atoms. The van der Waals surface area contributed by atoms with Crippen LogP contribution in [-0.2, 0) is 11.2 Å². The molecular formula is C16H20N4O2S. The molecule has 6 nitrogen and oxygen atoms in total. The molecule has 0 bridgehead atoms. The van der Waals surface area contributed by atoms with Gasteiger partial charge in [0.05, 0.1) is 17.7 Å². The number of carbonyl (C=O) groups excluding carboxylic acids is 2. The zero-order valence-corrected chi connectivity index (χ0v) is 13.9. The van der Waals surface area contributed by atoms with Gasteiger partial charge in [-0.2, -0.15) is 16.4 Å². The third kappa shape index (κ3) is 3.79. The van der Waals surface area contributed by atoms with E-state index in [4.69, 9.17) is 0 Å². The van der Waals surface area contributed by atoms with E-state index in [1.54, 1.807) is 0 Å². The number of nitrogens with zero attached hydrogens (tertiary/aromatic N) is 3. The number of hydrogen-bond acceptors (Lipinski definition) is 4. The minimum absolute atomic E-state index is 0.0588. The fourth-order valence-electron chi connectivity index (χ4n) is 2.77. The van der Waals surface area contributed by atoms with Gasteiger partial charge in [-0.3, -0.25) is 14.7 Å². The smallest absolute Gasteiger partial charge is 0.254 e. The number of carbonyl (C=O) groups is 2. The molecule has 2 aromatic heterocycles. The predicted octanol–water partition coefficient (Wildman–Crippen LogP) is 1.70. The number of hydrogen-bond donors (Lipinski definition) is 1. The lowest BCUT2D eigenvalue weighted by atomic mass is 10.2. The van der Waals surface area contributed by atoms with Crippen molar-refractivity contribution in [3.63, 3.8) is 0 Å². The maximum Gasteiger partial charge on any atom is 0.254 e. The van der Waals surface area contributed by atoms with E-state index in [9.17, 15) is 9.59 Å². The molecule has 0 radical (unpaired) electrons. The van der Waals surface area contributed by atoms with E-state index < -0.39 is 0 Å². The Morgan fingerprint density at radius 3 is 2.74 bits per heavy atom. The third-order valence-corrected chi connectivity index (χ3v) is 4.68.